The van der Waals surface area contributed by atoms with Crippen LogP contribution in [0.4, 0.5) is 0 Å². The summed E-state index contributed by atoms with van der Waals surface area (Å²) < 4.78 is 0. The molecule has 1 fully saturated rings. The lowest BCUT2D eigenvalue weighted by Gasteiger charge is -2.24. The molecule has 108 valence electrons. The zero-order valence-electron chi connectivity index (χ0n) is 12.2. The molecule has 0 radical (unpaired) electrons. The highest BCUT2D eigenvalue weighted by molar-refractivity contribution is 7.09. The smallest absolute Gasteiger partial charge is 0.0794 e. The molecule has 0 saturated heterocycles. The van der Waals surface area contributed by atoms with Gasteiger partial charge in [0.2, 0.25) is 0 Å². The van der Waals surface area contributed by atoms with Crippen LogP contribution in [0.2, 0.25) is 0 Å². The summed E-state index contributed by atoms with van der Waals surface area (Å²) in [5.41, 5.74) is 1.95. The minimum Gasteiger partial charge on any atom is -0.314 e. The van der Waals surface area contributed by atoms with Crippen molar-refractivity contribution in [2.45, 2.75) is 70.8 Å². The van der Waals surface area contributed by atoms with E-state index < -0.39 is 0 Å². The SMILES string of the molecule is CCCNC(CCC1CCCCC1)Cc1cncs1. The molecule has 1 atom stereocenters. The number of hydrogen-bond acceptors (Lipinski definition) is 3. The first-order valence-electron chi connectivity index (χ1n) is 7.99. The van der Waals surface area contributed by atoms with Crippen molar-refractivity contribution >= 4 is 11.3 Å². The molecule has 2 nitrogen and oxygen atoms in total. The Morgan fingerprint density at radius 2 is 2.21 bits per heavy atom. The Morgan fingerprint density at radius 1 is 1.37 bits per heavy atom. The fourth-order valence-electron chi connectivity index (χ4n) is 3.12. The molecule has 1 heterocycles. The Hall–Kier alpha value is -0.410. The highest BCUT2D eigenvalue weighted by atomic mass is 32.1. The number of rotatable bonds is 8. The second kappa shape index (κ2) is 8.70. The molecule has 3 heteroatoms. The second-order valence-corrected chi connectivity index (χ2v) is 6.88. The van der Waals surface area contributed by atoms with Crippen LogP contribution in [0.3, 0.4) is 0 Å². The first kappa shape index (κ1) is 15.0. The second-order valence-electron chi connectivity index (χ2n) is 5.90. The maximum Gasteiger partial charge on any atom is 0.0794 e. The number of hydrogen-bond donors (Lipinski definition) is 1. The van der Waals surface area contributed by atoms with Crippen LogP contribution in [0, 0.1) is 5.92 Å². The minimum absolute atomic E-state index is 0.655. The van der Waals surface area contributed by atoms with E-state index in [2.05, 4.69) is 17.2 Å². The van der Waals surface area contributed by atoms with Crippen LogP contribution in [-0.2, 0) is 6.42 Å². The summed E-state index contributed by atoms with van der Waals surface area (Å²) in [6.07, 6.45) is 14.5. The van der Waals surface area contributed by atoms with E-state index in [1.54, 1.807) is 11.3 Å². The first-order chi connectivity index (χ1) is 9.38. The van der Waals surface area contributed by atoms with E-state index >= 15 is 0 Å². The van der Waals surface area contributed by atoms with Crippen molar-refractivity contribution in [3.05, 3.63) is 16.6 Å². The van der Waals surface area contributed by atoms with Crippen LogP contribution in [0.25, 0.3) is 0 Å². The monoisotopic (exact) mass is 280 g/mol. The highest BCUT2D eigenvalue weighted by Gasteiger charge is 2.16. The average Bonchev–Trinajstić information content (AvgIpc) is 2.96. The molecule has 1 saturated carbocycles. The Bertz CT molecular complexity index is 317. The molecular formula is C16H28N2S. The molecular weight excluding hydrogens is 252 g/mol. The van der Waals surface area contributed by atoms with Gasteiger partial charge in [-0.3, -0.25) is 4.98 Å². The number of nitrogens with zero attached hydrogens (tertiary/aromatic N) is 1. The van der Waals surface area contributed by atoms with Gasteiger partial charge >= 0.3 is 0 Å². The van der Waals surface area contributed by atoms with Crippen LogP contribution in [0.1, 0.15) is 63.2 Å². The molecule has 1 N–H and O–H groups in total. The third-order valence-electron chi connectivity index (χ3n) is 4.26. The van der Waals surface area contributed by atoms with E-state index in [1.807, 2.05) is 11.7 Å². The molecule has 0 spiro atoms. The summed E-state index contributed by atoms with van der Waals surface area (Å²) in [4.78, 5) is 5.62. The van der Waals surface area contributed by atoms with Crippen LogP contribution in [0.15, 0.2) is 11.7 Å². The Morgan fingerprint density at radius 3 is 2.89 bits per heavy atom. The third kappa shape index (κ3) is 5.62. The van der Waals surface area contributed by atoms with Gasteiger partial charge in [-0.2, -0.15) is 0 Å². The van der Waals surface area contributed by atoms with Crippen molar-refractivity contribution < 1.29 is 0 Å². The van der Waals surface area contributed by atoms with Gasteiger partial charge in [0.15, 0.2) is 0 Å². The Balaban J connectivity index is 1.75. The summed E-state index contributed by atoms with van der Waals surface area (Å²) in [6, 6.07) is 0.655. The van der Waals surface area contributed by atoms with Gasteiger partial charge in [0, 0.05) is 17.1 Å². The quantitative estimate of drug-likeness (QED) is 0.762. The molecule has 1 aromatic heterocycles. The number of nitrogens with one attached hydrogen (secondary N) is 1. The van der Waals surface area contributed by atoms with Gasteiger partial charge in [-0.05, 0) is 38.1 Å². The maximum atomic E-state index is 4.20. The van der Waals surface area contributed by atoms with Crippen molar-refractivity contribution in [2.24, 2.45) is 5.92 Å². The molecule has 2 rings (SSSR count). The fraction of sp³-hybridized carbons (Fsp3) is 0.812. The largest absolute Gasteiger partial charge is 0.314 e. The molecule has 1 aliphatic carbocycles. The summed E-state index contributed by atoms with van der Waals surface area (Å²) in [6.45, 7) is 3.39. The predicted molar refractivity (Wildman–Crippen MR) is 83.7 cm³/mol. The van der Waals surface area contributed by atoms with Gasteiger partial charge in [-0.25, -0.2) is 0 Å². The fourth-order valence-corrected chi connectivity index (χ4v) is 3.80. The minimum atomic E-state index is 0.655. The summed E-state index contributed by atoms with van der Waals surface area (Å²) in [7, 11) is 0. The highest BCUT2D eigenvalue weighted by Crippen LogP contribution is 2.28. The van der Waals surface area contributed by atoms with E-state index in [-0.39, 0.29) is 0 Å². The first-order valence-corrected chi connectivity index (χ1v) is 8.87. The van der Waals surface area contributed by atoms with Crippen molar-refractivity contribution in [1.82, 2.24) is 10.3 Å². The topological polar surface area (TPSA) is 24.9 Å². The van der Waals surface area contributed by atoms with E-state index in [0.717, 1.165) is 18.9 Å². The zero-order valence-corrected chi connectivity index (χ0v) is 13.1. The molecule has 0 aliphatic heterocycles. The maximum absolute atomic E-state index is 4.20. The van der Waals surface area contributed by atoms with Crippen LogP contribution in [-0.4, -0.2) is 17.6 Å². The van der Waals surface area contributed by atoms with Gasteiger partial charge in [-0.15, -0.1) is 11.3 Å². The lowest BCUT2D eigenvalue weighted by atomic mass is 9.85. The van der Waals surface area contributed by atoms with Crippen molar-refractivity contribution in [3.63, 3.8) is 0 Å². The van der Waals surface area contributed by atoms with Gasteiger partial charge in [0.1, 0.15) is 0 Å². The van der Waals surface area contributed by atoms with Crippen molar-refractivity contribution in [3.8, 4) is 0 Å². The van der Waals surface area contributed by atoms with E-state index in [9.17, 15) is 0 Å². The van der Waals surface area contributed by atoms with Crippen LogP contribution in [0.5, 0.6) is 0 Å². The van der Waals surface area contributed by atoms with Gasteiger partial charge < -0.3 is 5.32 Å². The lowest BCUT2D eigenvalue weighted by molar-refractivity contribution is 0.312. The standard InChI is InChI=1S/C16H28N2S/c1-2-10-18-15(11-16-12-17-13-19-16)9-8-14-6-4-3-5-7-14/h12-15,18H,2-11H2,1H3. The van der Waals surface area contributed by atoms with Gasteiger partial charge in [0.05, 0.1) is 5.51 Å². The normalized spacial score (nSPS) is 18.6. The summed E-state index contributed by atoms with van der Waals surface area (Å²) in [5.74, 6) is 1.00. The molecule has 1 unspecified atom stereocenters. The van der Waals surface area contributed by atoms with Crippen LogP contribution < -0.4 is 5.32 Å². The summed E-state index contributed by atoms with van der Waals surface area (Å²) >= 11 is 1.80. The molecule has 0 amide bonds. The molecule has 0 bridgehead atoms. The summed E-state index contributed by atoms with van der Waals surface area (Å²) in [5, 5.41) is 3.73. The zero-order chi connectivity index (χ0) is 13.3. The van der Waals surface area contributed by atoms with Crippen molar-refractivity contribution in [1.29, 1.82) is 0 Å². The van der Waals surface area contributed by atoms with Gasteiger partial charge in [-0.1, -0.05) is 39.0 Å². The third-order valence-corrected chi connectivity index (χ3v) is 5.06. The molecule has 19 heavy (non-hydrogen) atoms. The Labute approximate surface area is 122 Å². The van der Waals surface area contributed by atoms with E-state index in [4.69, 9.17) is 0 Å². The van der Waals surface area contributed by atoms with Crippen molar-refractivity contribution in [2.75, 3.05) is 6.54 Å². The predicted octanol–water partition coefficient (Wildman–Crippen LogP) is 4.41. The van der Waals surface area contributed by atoms with E-state index in [1.165, 1.54) is 56.2 Å². The van der Waals surface area contributed by atoms with Crippen LogP contribution >= 0.6 is 11.3 Å². The molecule has 0 aromatic carbocycles. The van der Waals surface area contributed by atoms with E-state index in [0.29, 0.717) is 6.04 Å². The number of aromatic nitrogens is 1. The van der Waals surface area contributed by atoms with Gasteiger partial charge in [0.25, 0.3) is 0 Å². The number of thiazole rings is 1. The average molecular weight is 280 g/mol. The lowest BCUT2D eigenvalue weighted by Crippen LogP contribution is -2.32. The molecule has 1 aliphatic rings. The molecule has 1 aromatic rings. The Kier molecular flexibility index (Phi) is 6.86.